The lowest BCUT2D eigenvalue weighted by Gasteiger charge is -2.32. The highest BCUT2D eigenvalue weighted by Crippen LogP contribution is 2.27. The Morgan fingerprint density at radius 2 is 2.14 bits per heavy atom. The molecule has 1 aromatic rings. The van der Waals surface area contributed by atoms with Crippen LogP contribution in [0.4, 0.5) is 0 Å². The SMILES string of the molecule is CCCCc1ncc(/C=C/C(=O)O)n1C(OCC)[Si](C)(C)C. The molecule has 0 aliphatic carbocycles. The molecule has 0 saturated carbocycles. The summed E-state index contributed by atoms with van der Waals surface area (Å²) in [5.41, 5.74) is 0.800. The van der Waals surface area contributed by atoms with Crippen molar-refractivity contribution in [3.05, 3.63) is 23.8 Å². The summed E-state index contributed by atoms with van der Waals surface area (Å²) in [4.78, 5) is 15.3. The molecule has 0 aliphatic rings. The smallest absolute Gasteiger partial charge is 0.328 e. The van der Waals surface area contributed by atoms with Gasteiger partial charge in [-0.15, -0.1) is 0 Å². The summed E-state index contributed by atoms with van der Waals surface area (Å²) in [6.45, 7) is 11.5. The van der Waals surface area contributed by atoms with Crippen molar-refractivity contribution < 1.29 is 14.6 Å². The number of aliphatic carboxylic acids is 1. The van der Waals surface area contributed by atoms with Gasteiger partial charge in [-0.1, -0.05) is 33.0 Å². The minimum absolute atomic E-state index is 0.0414. The summed E-state index contributed by atoms with van der Waals surface area (Å²) in [6, 6.07) is 0. The second kappa shape index (κ2) is 8.29. The Morgan fingerprint density at radius 3 is 2.64 bits per heavy atom. The average Bonchev–Trinajstić information content (AvgIpc) is 2.81. The zero-order valence-electron chi connectivity index (χ0n) is 14.3. The van der Waals surface area contributed by atoms with Crippen LogP contribution in [0.5, 0.6) is 0 Å². The van der Waals surface area contributed by atoms with E-state index in [0.29, 0.717) is 6.61 Å². The summed E-state index contributed by atoms with van der Waals surface area (Å²) in [7, 11) is -1.65. The molecule has 0 fully saturated rings. The van der Waals surface area contributed by atoms with Gasteiger partial charge in [0.2, 0.25) is 0 Å². The van der Waals surface area contributed by atoms with Gasteiger partial charge in [0.15, 0.2) is 0 Å². The Balaban J connectivity index is 3.29. The van der Waals surface area contributed by atoms with E-state index in [1.807, 2.05) is 6.92 Å². The van der Waals surface area contributed by atoms with Crippen LogP contribution in [-0.4, -0.2) is 35.3 Å². The molecule has 1 heterocycles. The molecule has 22 heavy (non-hydrogen) atoms. The zero-order valence-corrected chi connectivity index (χ0v) is 15.3. The van der Waals surface area contributed by atoms with Crippen LogP contribution < -0.4 is 0 Å². The maximum atomic E-state index is 10.8. The lowest BCUT2D eigenvalue weighted by molar-refractivity contribution is -0.131. The lowest BCUT2D eigenvalue weighted by Crippen LogP contribution is -2.38. The number of hydrogen-bond donors (Lipinski definition) is 1. The standard InChI is InChI=1S/C16H28N2O3Si/c1-6-8-9-14-17-12-13(10-11-15(19)20)18(14)16(21-7-2)22(3,4)5/h10-12,16H,6-9H2,1-5H3,(H,19,20)/b11-10+. The van der Waals surface area contributed by atoms with Crippen LogP contribution in [0.25, 0.3) is 6.08 Å². The van der Waals surface area contributed by atoms with E-state index >= 15 is 0 Å². The van der Waals surface area contributed by atoms with E-state index in [0.717, 1.165) is 36.9 Å². The third-order valence-electron chi connectivity index (χ3n) is 3.35. The molecule has 1 aromatic heterocycles. The van der Waals surface area contributed by atoms with Gasteiger partial charge in [-0.25, -0.2) is 9.78 Å². The van der Waals surface area contributed by atoms with Crippen LogP contribution in [0.1, 0.15) is 44.1 Å². The van der Waals surface area contributed by atoms with E-state index in [1.165, 1.54) is 0 Å². The van der Waals surface area contributed by atoms with Crippen molar-refractivity contribution >= 4 is 20.1 Å². The van der Waals surface area contributed by atoms with Gasteiger partial charge in [-0.3, -0.25) is 0 Å². The molecule has 0 aromatic carbocycles. The minimum Gasteiger partial charge on any atom is -0.478 e. The van der Waals surface area contributed by atoms with Gasteiger partial charge in [0.05, 0.1) is 11.9 Å². The van der Waals surface area contributed by atoms with Crippen molar-refractivity contribution in [2.45, 2.75) is 58.6 Å². The molecule has 0 spiro atoms. The van der Waals surface area contributed by atoms with Gasteiger partial charge in [-0.2, -0.15) is 0 Å². The summed E-state index contributed by atoms with van der Waals surface area (Å²) in [5.74, 6) is -0.0168. The predicted octanol–water partition coefficient (Wildman–Crippen LogP) is 3.74. The van der Waals surface area contributed by atoms with Crippen molar-refractivity contribution in [1.82, 2.24) is 9.55 Å². The number of imidazole rings is 1. The van der Waals surface area contributed by atoms with E-state index in [4.69, 9.17) is 9.84 Å². The highest BCUT2D eigenvalue weighted by atomic mass is 28.3. The van der Waals surface area contributed by atoms with E-state index in [2.05, 4.69) is 36.1 Å². The number of carboxylic acids is 1. The number of carbonyl (C=O) groups is 1. The minimum atomic E-state index is -1.65. The van der Waals surface area contributed by atoms with Crippen LogP contribution >= 0.6 is 0 Å². The van der Waals surface area contributed by atoms with Gasteiger partial charge < -0.3 is 14.4 Å². The molecule has 0 aliphatic heterocycles. The van der Waals surface area contributed by atoms with Gasteiger partial charge in [-0.05, 0) is 19.4 Å². The topological polar surface area (TPSA) is 64.3 Å². The van der Waals surface area contributed by atoms with Gasteiger partial charge >= 0.3 is 5.97 Å². The first kappa shape index (κ1) is 18.6. The lowest BCUT2D eigenvalue weighted by atomic mass is 10.2. The maximum Gasteiger partial charge on any atom is 0.328 e. The number of hydrogen-bond acceptors (Lipinski definition) is 3. The monoisotopic (exact) mass is 324 g/mol. The summed E-state index contributed by atoms with van der Waals surface area (Å²) < 4.78 is 8.12. The van der Waals surface area contributed by atoms with Crippen LogP contribution in [0.2, 0.25) is 19.6 Å². The Hall–Kier alpha value is -1.40. The molecule has 6 heteroatoms. The van der Waals surface area contributed by atoms with E-state index < -0.39 is 14.0 Å². The molecule has 1 atom stereocenters. The fraction of sp³-hybridized carbons (Fsp3) is 0.625. The Bertz CT molecular complexity index is 518. The van der Waals surface area contributed by atoms with Crippen molar-refractivity contribution in [1.29, 1.82) is 0 Å². The first-order chi connectivity index (χ1) is 10.3. The number of carboxylic acid groups (broad SMARTS) is 1. The molecule has 124 valence electrons. The van der Waals surface area contributed by atoms with Crippen molar-refractivity contribution in [2.24, 2.45) is 0 Å². The Morgan fingerprint density at radius 1 is 1.45 bits per heavy atom. The normalized spacial score (nSPS) is 13.7. The summed E-state index contributed by atoms with van der Waals surface area (Å²) in [6.07, 6.45) is 7.55. The Labute approximate surface area is 134 Å². The largest absolute Gasteiger partial charge is 0.478 e. The highest BCUT2D eigenvalue weighted by Gasteiger charge is 2.31. The molecule has 1 rings (SSSR count). The molecule has 1 N–H and O–H groups in total. The van der Waals surface area contributed by atoms with Crippen molar-refractivity contribution in [2.75, 3.05) is 6.61 Å². The van der Waals surface area contributed by atoms with Gasteiger partial charge in [0, 0.05) is 19.1 Å². The van der Waals surface area contributed by atoms with Crippen LogP contribution in [0.15, 0.2) is 12.3 Å². The molecule has 0 radical (unpaired) electrons. The first-order valence-corrected chi connectivity index (χ1v) is 11.5. The van der Waals surface area contributed by atoms with Gasteiger partial charge in [0.1, 0.15) is 19.7 Å². The van der Waals surface area contributed by atoms with Crippen LogP contribution in [-0.2, 0) is 16.0 Å². The number of aryl methyl sites for hydroxylation is 1. The fourth-order valence-corrected chi connectivity index (χ4v) is 4.09. The zero-order chi connectivity index (χ0) is 16.8. The van der Waals surface area contributed by atoms with Crippen molar-refractivity contribution in [3.63, 3.8) is 0 Å². The maximum absolute atomic E-state index is 10.8. The second-order valence-corrected chi connectivity index (χ2v) is 11.6. The molecular weight excluding hydrogens is 296 g/mol. The van der Waals surface area contributed by atoms with E-state index in [-0.39, 0.29) is 5.85 Å². The molecule has 5 nitrogen and oxygen atoms in total. The van der Waals surface area contributed by atoms with Crippen molar-refractivity contribution in [3.8, 4) is 0 Å². The molecule has 0 bridgehead atoms. The number of rotatable bonds is 9. The number of unbranched alkanes of at least 4 members (excludes halogenated alkanes) is 1. The second-order valence-electron chi connectivity index (χ2n) is 6.42. The number of nitrogens with zero attached hydrogens (tertiary/aromatic N) is 2. The number of ether oxygens (including phenoxy) is 1. The van der Waals surface area contributed by atoms with Crippen LogP contribution in [0, 0.1) is 0 Å². The van der Waals surface area contributed by atoms with E-state index in [9.17, 15) is 4.79 Å². The fourth-order valence-electron chi connectivity index (χ4n) is 2.35. The third-order valence-corrected chi connectivity index (χ3v) is 5.26. The molecule has 1 unspecified atom stereocenters. The quantitative estimate of drug-likeness (QED) is 0.555. The highest BCUT2D eigenvalue weighted by molar-refractivity contribution is 6.76. The molecule has 0 saturated heterocycles. The third kappa shape index (κ3) is 5.10. The summed E-state index contributed by atoms with van der Waals surface area (Å²) >= 11 is 0. The predicted molar refractivity (Wildman–Crippen MR) is 91.5 cm³/mol. The first-order valence-electron chi connectivity index (χ1n) is 7.90. The Kier molecular flexibility index (Phi) is 7.02. The number of aromatic nitrogens is 2. The molecule has 0 amide bonds. The van der Waals surface area contributed by atoms with Crippen LogP contribution in [0.3, 0.4) is 0 Å². The average molecular weight is 324 g/mol. The van der Waals surface area contributed by atoms with E-state index in [1.54, 1.807) is 12.3 Å². The van der Waals surface area contributed by atoms with Gasteiger partial charge in [0.25, 0.3) is 0 Å². The summed E-state index contributed by atoms with van der Waals surface area (Å²) in [5, 5.41) is 8.88. The molecular formula is C16H28N2O3Si.